The Morgan fingerprint density at radius 3 is 2.26 bits per heavy atom. The highest BCUT2D eigenvalue weighted by atomic mass is 35.5. The third-order valence-corrected chi connectivity index (χ3v) is 5.55. The van der Waals surface area contributed by atoms with Gasteiger partial charge in [-0.2, -0.15) is 5.10 Å². The van der Waals surface area contributed by atoms with Gasteiger partial charge in [-0.25, -0.2) is 5.43 Å². The second-order valence-corrected chi connectivity index (χ2v) is 7.91. The van der Waals surface area contributed by atoms with Crippen molar-refractivity contribution in [3.63, 3.8) is 0 Å². The minimum atomic E-state index is -0.914. The first-order valence-electron chi connectivity index (χ1n) is 10.4. The van der Waals surface area contributed by atoms with Gasteiger partial charge in [-0.15, -0.1) is 0 Å². The summed E-state index contributed by atoms with van der Waals surface area (Å²) in [6, 6.07) is 17.4. The van der Waals surface area contributed by atoms with E-state index in [0.717, 1.165) is 5.56 Å². The molecular weight excluding hydrogens is 493 g/mol. The first-order valence-corrected chi connectivity index (χ1v) is 11.2. The number of hydrogen-bond donors (Lipinski definition) is 2. The van der Waals surface area contributed by atoms with Crippen LogP contribution >= 0.6 is 23.2 Å². The molecule has 0 spiro atoms. The predicted octanol–water partition coefficient (Wildman–Crippen LogP) is 4.36. The van der Waals surface area contributed by atoms with Crippen LogP contribution in [0.25, 0.3) is 0 Å². The lowest BCUT2D eigenvalue weighted by Gasteiger charge is -2.14. The Morgan fingerprint density at radius 1 is 0.914 bits per heavy atom. The summed E-state index contributed by atoms with van der Waals surface area (Å²) in [6.45, 7) is 0.262. The Kier molecular flexibility index (Phi) is 9.34. The monoisotopic (exact) mass is 515 g/mol. The summed E-state index contributed by atoms with van der Waals surface area (Å²) in [6.07, 6.45) is 1.35. The number of nitrogens with one attached hydrogen (secondary N) is 2. The maximum absolute atomic E-state index is 12.1. The van der Waals surface area contributed by atoms with Gasteiger partial charge in [-0.1, -0.05) is 47.5 Å². The number of halogens is 2. The van der Waals surface area contributed by atoms with Crippen molar-refractivity contribution in [2.75, 3.05) is 14.2 Å². The molecule has 0 aliphatic heterocycles. The van der Waals surface area contributed by atoms with E-state index in [1.165, 1.54) is 13.3 Å². The molecule has 0 bridgehead atoms. The van der Waals surface area contributed by atoms with E-state index in [9.17, 15) is 9.59 Å². The Balaban J connectivity index is 1.62. The second kappa shape index (κ2) is 12.6. The summed E-state index contributed by atoms with van der Waals surface area (Å²) in [5, 5.41) is 7.34. The molecule has 0 unspecified atom stereocenters. The summed E-state index contributed by atoms with van der Waals surface area (Å²) in [5.41, 5.74) is 4.14. The van der Waals surface area contributed by atoms with Crippen LogP contribution in [0.1, 0.15) is 16.7 Å². The van der Waals surface area contributed by atoms with Gasteiger partial charge in [0.1, 0.15) is 12.4 Å². The molecule has 0 fully saturated rings. The highest BCUT2D eigenvalue weighted by molar-refractivity contribution is 6.36. The average molecular weight is 516 g/mol. The molecule has 0 heterocycles. The molecule has 0 aromatic heterocycles. The molecule has 2 amide bonds. The summed E-state index contributed by atoms with van der Waals surface area (Å²) >= 11 is 12.4. The quantitative estimate of drug-likeness (QED) is 0.250. The van der Waals surface area contributed by atoms with Crippen molar-refractivity contribution < 1.29 is 23.8 Å². The number of hydrogen-bond acceptors (Lipinski definition) is 6. The molecule has 0 saturated carbocycles. The standard InChI is InChI=1S/C25H23Cl2N3O5/c1-33-18-11-9-16(10-12-18)13-28-24(31)25(32)30-29-14-17-5-3-8-22(34-2)23(17)35-15-19-20(26)6-4-7-21(19)27/h3-12,14H,13,15H2,1-2H3,(H,28,31)(H,30,32)/b29-14-. The van der Waals surface area contributed by atoms with Gasteiger partial charge in [-0.05, 0) is 42.0 Å². The minimum absolute atomic E-state index is 0.0832. The topological polar surface area (TPSA) is 98.2 Å². The first kappa shape index (κ1) is 25.9. The van der Waals surface area contributed by atoms with Gasteiger partial charge in [0.2, 0.25) is 0 Å². The van der Waals surface area contributed by atoms with Gasteiger partial charge in [0.05, 0.1) is 20.4 Å². The predicted molar refractivity (Wildman–Crippen MR) is 134 cm³/mol. The number of benzene rings is 3. The molecule has 10 heteroatoms. The van der Waals surface area contributed by atoms with E-state index in [-0.39, 0.29) is 13.2 Å². The zero-order valence-corrected chi connectivity index (χ0v) is 20.5. The van der Waals surface area contributed by atoms with E-state index < -0.39 is 11.8 Å². The van der Waals surface area contributed by atoms with Gasteiger partial charge in [0, 0.05) is 27.7 Å². The lowest BCUT2D eigenvalue weighted by Crippen LogP contribution is -2.37. The lowest BCUT2D eigenvalue weighted by molar-refractivity contribution is -0.139. The van der Waals surface area contributed by atoms with Crippen LogP contribution in [0, 0.1) is 0 Å². The molecule has 0 aliphatic carbocycles. The van der Waals surface area contributed by atoms with Crippen LogP contribution in [-0.2, 0) is 22.7 Å². The van der Waals surface area contributed by atoms with E-state index in [1.807, 2.05) is 0 Å². The largest absolute Gasteiger partial charge is 0.497 e. The number of hydrazone groups is 1. The number of amides is 2. The SMILES string of the molecule is COc1ccc(CNC(=O)C(=O)N/N=C\c2cccc(OC)c2OCc2c(Cl)cccc2Cl)cc1. The lowest BCUT2D eigenvalue weighted by atomic mass is 10.2. The van der Waals surface area contributed by atoms with Crippen molar-refractivity contribution in [2.24, 2.45) is 5.10 Å². The highest BCUT2D eigenvalue weighted by Gasteiger charge is 2.14. The number of methoxy groups -OCH3 is 2. The van der Waals surface area contributed by atoms with Crippen molar-refractivity contribution in [3.8, 4) is 17.2 Å². The number of para-hydroxylation sites is 1. The van der Waals surface area contributed by atoms with Crippen LogP contribution in [0.4, 0.5) is 0 Å². The molecule has 182 valence electrons. The van der Waals surface area contributed by atoms with Gasteiger partial charge >= 0.3 is 11.8 Å². The van der Waals surface area contributed by atoms with Crippen molar-refractivity contribution in [1.29, 1.82) is 0 Å². The maximum atomic E-state index is 12.1. The number of ether oxygens (including phenoxy) is 3. The highest BCUT2D eigenvalue weighted by Crippen LogP contribution is 2.32. The zero-order chi connectivity index (χ0) is 25.2. The number of nitrogens with zero attached hydrogens (tertiary/aromatic N) is 1. The van der Waals surface area contributed by atoms with Crippen LogP contribution < -0.4 is 25.0 Å². The average Bonchev–Trinajstić information content (AvgIpc) is 2.87. The van der Waals surface area contributed by atoms with E-state index in [4.69, 9.17) is 37.4 Å². The van der Waals surface area contributed by atoms with Crippen molar-refractivity contribution >= 4 is 41.2 Å². The van der Waals surface area contributed by atoms with Crippen molar-refractivity contribution in [3.05, 3.63) is 87.4 Å². The number of carbonyl (C=O) groups is 2. The summed E-state index contributed by atoms with van der Waals surface area (Å²) < 4.78 is 16.4. The van der Waals surface area contributed by atoms with Crippen molar-refractivity contribution in [1.82, 2.24) is 10.7 Å². The van der Waals surface area contributed by atoms with Gasteiger partial charge in [-0.3, -0.25) is 9.59 Å². The zero-order valence-electron chi connectivity index (χ0n) is 19.0. The molecular formula is C25H23Cl2N3O5. The number of rotatable bonds is 9. The first-order chi connectivity index (χ1) is 16.9. The Morgan fingerprint density at radius 2 is 1.60 bits per heavy atom. The summed E-state index contributed by atoms with van der Waals surface area (Å²) in [4.78, 5) is 24.2. The molecule has 0 saturated heterocycles. The van der Waals surface area contributed by atoms with Crippen molar-refractivity contribution in [2.45, 2.75) is 13.2 Å². The molecule has 0 aliphatic rings. The summed E-state index contributed by atoms with van der Waals surface area (Å²) in [7, 11) is 3.07. The molecule has 2 N–H and O–H groups in total. The van der Waals surface area contributed by atoms with Crippen LogP contribution in [0.5, 0.6) is 17.2 Å². The normalized spacial score (nSPS) is 10.6. The maximum Gasteiger partial charge on any atom is 0.329 e. The van der Waals surface area contributed by atoms with E-state index in [1.54, 1.807) is 67.8 Å². The fourth-order valence-electron chi connectivity index (χ4n) is 2.98. The van der Waals surface area contributed by atoms with Crippen LogP contribution in [0.15, 0.2) is 65.8 Å². The Bertz CT molecular complexity index is 1200. The molecule has 3 aromatic carbocycles. The van der Waals surface area contributed by atoms with Crippen LogP contribution in [-0.4, -0.2) is 32.2 Å². The summed E-state index contributed by atoms with van der Waals surface area (Å²) in [5.74, 6) is -0.229. The van der Waals surface area contributed by atoms with Gasteiger partial charge in [0.25, 0.3) is 0 Å². The molecule has 3 rings (SSSR count). The minimum Gasteiger partial charge on any atom is -0.497 e. The molecule has 0 atom stereocenters. The van der Waals surface area contributed by atoms with E-state index >= 15 is 0 Å². The Labute approximate surface area is 212 Å². The molecule has 8 nitrogen and oxygen atoms in total. The van der Waals surface area contributed by atoms with E-state index in [2.05, 4.69) is 15.8 Å². The number of carbonyl (C=O) groups excluding carboxylic acids is 2. The Hall–Kier alpha value is -3.75. The molecule has 35 heavy (non-hydrogen) atoms. The molecule has 0 radical (unpaired) electrons. The van der Waals surface area contributed by atoms with Crippen LogP contribution in [0.2, 0.25) is 10.0 Å². The fraction of sp³-hybridized carbons (Fsp3) is 0.160. The van der Waals surface area contributed by atoms with Crippen LogP contribution in [0.3, 0.4) is 0 Å². The smallest absolute Gasteiger partial charge is 0.329 e. The van der Waals surface area contributed by atoms with Gasteiger partial charge < -0.3 is 19.5 Å². The third kappa shape index (κ3) is 7.11. The second-order valence-electron chi connectivity index (χ2n) is 7.10. The fourth-order valence-corrected chi connectivity index (χ4v) is 3.49. The third-order valence-electron chi connectivity index (χ3n) is 4.84. The molecule has 3 aromatic rings. The van der Waals surface area contributed by atoms with E-state index in [0.29, 0.717) is 38.4 Å². The van der Waals surface area contributed by atoms with Gasteiger partial charge in [0.15, 0.2) is 11.5 Å².